The van der Waals surface area contributed by atoms with Crippen molar-refractivity contribution in [3.05, 3.63) is 83.6 Å². The lowest BCUT2D eigenvalue weighted by Crippen LogP contribution is -2.05. The zero-order chi connectivity index (χ0) is 30.6. The van der Waals surface area contributed by atoms with Gasteiger partial charge in [0.15, 0.2) is 0 Å². The Bertz CT molecular complexity index is 1850. The van der Waals surface area contributed by atoms with Crippen molar-refractivity contribution in [1.29, 1.82) is 10.5 Å². The maximum atomic E-state index is 12.6. The van der Waals surface area contributed by atoms with Gasteiger partial charge >= 0.3 is 6.18 Å². The lowest BCUT2D eigenvalue weighted by Gasteiger charge is -2.10. The molecule has 0 aliphatic rings. The summed E-state index contributed by atoms with van der Waals surface area (Å²) in [6, 6.07) is 21.0. The zero-order valence-electron chi connectivity index (χ0n) is 23.5. The van der Waals surface area contributed by atoms with E-state index in [0.717, 1.165) is 52.3 Å². The smallest absolute Gasteiger partial charge is 0.416 e. The SMILES string of the molecule is CCn1c(-c2ccc(NC(C)=O)cc2)c(C#N)c2ccc(OC)cc21.CCn1cc(C#N)c2ccc(C(F)(F)F)cc21. The van der Waals surface area contributed by atoms with Crippen LogP contribution in [0.5, 0.6) is 5.75 Å². The number of anilines is 1. The highest BCUT2D eigenvalue weighted by Gasteiger charge is 2.31. The molecule has 0 aliphatic carbocycles. The second kappa shape index (κ2) is 12.1. The number of benzene rings is 3. The molecule has 1 amide bonds. The fourth-order valence-electron chi connectivity index (χ4n) is 4.93. The fraction of sp³-hybridized carbons (Fsp3) is 0.219. The summed E-state index contributed by atoms with van der Waals surface area (Å²) in [5, 5.41) is 22.8. The summed E-state index contributed by atoms with van der Waals surface area (Å²) in [4.78, 5) is 11.2. The number of aromatic nitrogens is 2. The molecule has 0 unspecified atom stereocenters. The van der Waals surface area contributed by atoms with Crippen LogP contribution in [-0.4, -0.2) is 22.2 Å². The van der Waals surface area contributed by atoms with Gasteiger partial charge in [-0.05, 0) is 55.8 Å². The molecule has 3 aromatic carbocycles. The van der Waals surface area contributed by atoms with Crippen molar-refractivity contribution < 1.29 is 22.7 Å². The number of hydrogen-bond acceptors (Lipinski definition) is 4. The number of aryl methyl sites for hydroxylation is 2. The van der Waals surface area contributed by atoms with Gasteiger partial charge in [0, 0.05) is 54.3 Å². The molecule has 0 radical (unpaired) electrons. The number of alkyl halides is 3. The van der Waals surface area contributed by atoms with Gasteiger partial charge < -0.3 is 19.2 Å². The third kappa shape index (κ3) is 5.79. The van der Waals surface area contributed by atoms with E-state index in [1.807, 2.05) is 55.5 Å². The van der Waals surface area contributed by atoms with Crippen LogP contribution >= 0.6 is 0 Å². The summed E-state index contributed by atoms with van der Waals surface area (Å²) in [6.45, 7) is 6.60. The van der Waals surface area contributed by atoms with Crippen LogP contribution in [0.1, 0.15) is 37.5 Å². The zero-order valence-corrected chi connectivity index (χ0v) is 23.5. The molecule has 1 N–H and O–H groups in total. The summed E-state index contributed by atoms with van der Waals surface area (Å²) < 4.78 is 46.8. The van der Waals surface area contributed by atoms with E-state index in [4.69, 9.17) is 10.00 Å². The Kier molecular flexibility index (Phi) is 8.58. The largest absolute Gasteiger partial charge is 0.497 e. The van der Waals surface area contributed by atoms with Crippen molar-refractivity contribution >= 4 is 33.4 Å². The van der Waals surface area contributed by atoms with E-state index in [9.17, 15) is 23.2 Å². The molecule has 42 heavy (non-hydrogen) atoms. The number of nitriles is 2. The predicted molar refractivity (Wildman–Crippen MR) is 156 cm³/mol. The van der Waals surface area contributed by atoms with E-state index in [2.05, 4.69) is 22.9 Å². The Labute approximate surface area is 241 Å². The van der Waals surface area contributed by atoms with Crippen LogP contribution in [0.4, 0.5) is 18.9 Å². The van der Waals surface area contributed by atoms with Crippen molar-refractivity contribution in [2.75, 3.05) is 12.4 Å². The molecular weight excluding hydrogens is 543 g/mol. The molecule has 0 saturated carbocycles. The van der Waals surface area contributed by atoms with Crippen LogP contribution < -0.4 is 10.1 Å². The molecule has 5 aromatic rings. The maximum Gasteiger partial charge on any atom is 0.416 e. The Morgan fingerprint density at radius 3 is 2.17 bits per heavy atom. The highest BCUT2D eigenvalue weighted by Crippen LogP contribution is 2.36. The van der Waals surface area contributed by atoms with Crippen LogP contribution in [0.25, 0.3) is 33.1 Å². The summed E-state index contributed by atoms with van der Waals surface area (Å²) in [6.07, 6.45) is -2.78. The van der Waals surface area contributed by atoms with Crippen molar-refractivity contribution in [1.82, 2.24) is 9.13 Å². The number of nitrogens with zero attached hydrogens (tertiary/aromatic N) is 4. The van der Waals surface area contributed by atoms with E-state index < -0.39 is 11.7 Å². The van der Waals surface area contributed by atoms with Crippen LogP contribution in [0.3, 0.4) is 0 Å². The van der Waals surface area contributed by atoms with Gasteiger partial charge in [-0.15, -0.1) is 0 Å². The second-order valence-corrected chi connectivity index (χ2v) is 9.39. The van der Waals surface area contributed by atoms with Gasteiger partial charge in [0.1, 0.15) is 17.9 Å². The number of nitrogens with one attached hydrogen (secondary N) is 1. The molecule has 7 nitrogen and oxygen atoms in total. The molecule has 10 heteroatoms. The van der Waals surface area contributed by atoms with Gasteiger partial charge in [0.05, 0.1) is 35.0 Å². The highest BCUT2D eigenvalue weighted by molar-refractivity contribution is 5.96. The molecule has 0 spiro atoms. The fourth-order valence-corrected chi connectivity index (χ4v) is 4.93. The van der Waals surface area contributed by atoms with E-state index in [0.29, 0.717) is 28.6 Å². The first-order valence-corrected chi connectivity index (χ1v) is 13.1. The minimum atomic E-state index is -4.36. The molecule has 2 heterocycles. The first-order valence-electron chi connectivity index (χ1n) is 13.1. The van der Waals surface area contributed by atoms with Crippen molar-refractivity contribution in [3.63, 3.8) is 0 Å². The van der Waals surface area contributed by atoms with Gasteiger partial charge in [0.2, 0.25) is 5.91 Å². The second-order valence-electron chi connectivity index (χ2n) is 9.39. The van der Waals surface area contributed by atoms with Gasteiger partial charge in [-0.2, -0.15) is 23.7 Å². The number of hydrogen-bond donors (Lipinski definition) is 1. The number of fused-ring (bicyclic) bond motifs is 2. The Hall–Kier alpha value is -5.22. The third-order valence-corrected chi connectivity index (χ3v) is 6.85. The van der Waals surface area contributed by atoms with Crippen LogP contribution in [-0.2, 0) is 24.1 Å². The summed E-state index contributed by atoms with van der Waals surface area (Å²) in [5.74, 6) is 0.650. The van der Waals surface area contributed by atoms with E-state index in [1.165, 1.54) is 13.0 Å². The first-order chi connectivity index (χ1) is 20.1. The molecular formula is C32H28F3N5O2. The van der Waals surface area contributed by atoms with Gasteiger partial charge in [-0.25, -0.2) is 0 Å². The van der Waals surface area contributed by atoms with E-state index >= 15 is 0 Å². The molecule has 0 aliphatic heterocycles. The molecule has 0 fully saturated rings. The lowest BCUT2D eigenvalue weighted by molar-refractivity contribution is -0.137. The minimum absolute atomic E-state index is 0.111. The normalized spacial score (nSPS) is 11.0. The Morgan fingerprint density at radius 2 is 1.62 bits per heavy atom. The number of methoxy groups -OCH3 is 1. The number of halogens is 3. The molecule has 214 valence electrons. The third-order valence-electron chi connectivity index (χ3n) is 6.85. The first kappa shape index (κ1) is 29.8. The summed E-state index contributed by atoms with van der Waals surface area (Å²) in [5.41, 5.74) is 4.31. The average molecular weight is 572 g/mol. The maximum absolute atomic E-state index is 12.6. The topological polar surface area (TPSA) is 95.8 Å². The Balaban J connectivity index is 0.000000208. The van der Waals surface area contributed by atoms with Gasteiger partial charge in [-0.3, -0.25) is 4.79 Å². The standard InChI is InChI=1S/C20H19N3O2.C12H9F3N2/c1-4-23-19-11-16(25-3)9-10-17(19)18(12-21)20(23)14-5-7-15(8-6-14)22-13(2)24;1-2-17-7-8(6-16)10-4-3-9(5-11(10)17)12(13,14)15/h5-11H,4H2,1-3H3,(H,22,24);3-5,7H,2H2,1H3. The number of amides is 1. The molecule has 0 atom stereocenters. The summed E-state index contributed by atoms with van der Waals surface area (Å²) in [7, 11) is 1.63. The van der Waals surface area contributed by atoms with Gasteiger partial charge in [-0.1, -0.05) is 18.2 Å². The van der Waals surface area contributed by atoms with Gasteiger partial charge in [0.25, 0.3) is 0 Å². The molecule has 0 bridgehead atoms. The number of ether oxygens (including phenoxy) is 1. The predicted octanol–water partition coefficient (Wildman–Crippen LogP) is 7.72. The quantitative estimate of drug-likeness (QED) is 0.234. The van der Waals surface area contributed by atoms with Crippen LogP contribution in [0.15, 0.2) is 66.9 Å². The minimum Gasteiger partial charge on any atom is -0.497 e. The number of carbonyl (C=O) groups excluding carboxylic acids is 1. The van der Waals surface area contributed by atoms with E-state index in [-0.39, 0.29) is 5.91 Å². The van der Waals surface area contributed by atoms with Crippen molar-refractivity contribution in [2.45, 2.75) is 40.0 Å². The monoisotopic (exact) mass is 571 g/mol. The summed E-state index contributed by atoms with van der Waals surface area (Å²) >= 11 is 0. The van der Waals surface area contributed by atoms with E-state index in [1.54, 1.807) is 17.9 Å². The molecule has 0 saturated heterocycles. The Morgan fingerprint density at radius 1 is 0.929 bits per heavy atom. The average Bonchev–Trinajstić information content (AvgIpc) is 3.50. The number of rotatable bonds is 5. The van der Waals surface area contributed by atoms with Crippen molar-refractivity contribution in [3.8, 4) is 29.1 Å². The van der Waals surface area contributed by atoms with Crippen molar-refractivity contribution in [2.24, 2.45) is 0 Å². The lowest BCUT2D eigenvalue weighted by atomic mass is 10.1. The number of carbonyl (C=O) groups is 1. The van der Waals surface area contributed by atoms with Crippen LogP contribution in [0.2, 0.25) is 0 Å². The molecule has 5 rings (SSSR count). The van der Waals surface area contributed by atoms with Crippen LogP contribution in [0, 0.1) is 22.7 Å². The highest BCUT2D eigenvalue weighted by atomic mass is 19.4. The molecule has 2 aromatic heterocycles.